The molecule has 4 aliphatic rings. The maximum absolute atomic E-state index is 12.7. The highest BCUT2D eigenvalue weighted by Gasteiger charge is 2.33. The molecule has 0 fully saturated rings. The molecule has 0 radical (unpaired) electrons. The molecule has 1 aromatic heterocycles. The first kappa shape index (κ1) is 21.2. The number of rotatable bonds is 1. The Morgan fingerprint density at radius 1 is 0.781 bits per heavy atom. The summed E-state index contributed by atoms with van der Waals surface area (Å²) in [6.45, 7) is 1.01. The lowest BCUT2D eigenvalue weighted by Crippen LogP contribution is -2.20. The molecule has 0 atom stereocenters. The largest absolute Gasteiger partial charge is 0.575 e. The van der Waals surface area contributed by atoms with Gasteiger partial charge in [-0.25, -0.2) is 0 Å². The third kappa shape index (κ3) is 6.24. The quantitative estimate of drug-likeness (QED) is 0.531. The van der Waals surface area contributed by atoms with Crippen molar-refractivity contribution in [3.8, 4) is 17.5 Å². The van der Waals surface area contributed by atoms with Crippen molar-refractivity contribution in [2.24, 2.45) is 0 Å². The molecule has 4 aliphatic heterocycles. The van der Waals surface area contributed by atoms with E-state index in [-0.39, 0.29) is 18.4 Å². The third-order valence-corrected chi connectivity index (χ3v) is 4.17. The van der Waals surface area contributed by atoms with Gasteiger partial charge in [0, 0.05) is 12.2 Å². The van der Waals surface area contributed by atoms with Crippen LogP contribution in [0.15, 0.2) is 60.7 Å². The Hall–Kier alpha value is -4.02. The van der Waals surface area contributed by atoms with Crippen LogP contribution in [0, 0.1) is 0 Å². The Balaban J connectivity index is 1.63. The first-order valence-electron chi connectivity index (χ1n) is 9.55. The third-order valence-electron chi connectivity index (χ3n) is 4.17. The van der Waals surface area contributed by atoms with E-state index in [1.165, 1.54) is 0 Å². The zero-order valence-electron chi connectivity index (χ0n) is 16.6. The summed E-state index contributed by atoms with van der Waals surface area (Å²) in [5.41, 5.74) is 1.39. The van der Waals surface area contributed by atoms with Crippen LogP contribution in [0.2, 0.25) is 0 Å². The van der Waals surface area contributed by atoms with E-state index in [2.05, 4.69) is 30.3 Å². The highest BCUT2D eigenvalue weighted by molar-refractivity contribution is 5.55. The second kappa shape index (κ2) is 9.41. The van der Waals surface area contributed by atoms with Crippen LogP contribution in [0.1, 0.15) is 5.56 Å². The molecular formula is C21H18F3N5O3. The van der Waals surface area contributed by atoms with Crippen molar-refractivity contribution >= 4 is 17.6 Å². The van der Waals surface area contributed by atoms with Crippen molar-refractivity contribution in [3.63, 3.8) is 0 Å². The topological polar surface area (TPSA) is 90.4 Å². The van der Waals surface area contributed by atoms with Crippen LogP contribution in [0.3, 0.4) is 0 Å². The first-order chi connectivity index (χ1) is 15.4. The minimum Gasteiger partial charge on any atom is -0.490 e. The minimum atomic E-state index is -4.94. The zero-order valence-corrected chi connectivity index (χ0v) is 16.6. The normalized spacial score (nSPS) is 15.0. The molecule has 0 unspecified atom stereocenters. The number of hydrogen-bond donors (Lipinski definition) is 2. The van der Waals surface area contributed by atoms with Gasteiger partial charge in [-0.3, -0.25) is 0 Å². The molecule has 5 heterocycles. The molecule has 7 rings (SSSR count). The van der Waals surface area contributed by atoms with Gasteiger partial charge in [0.05, 0.1) is 0 Å². The van der Waals surface area contributed by atoms with Gasteiger partial charge in [-0.2, -0.15) is 15.0 Å². The number of anilines is 3. The highest BCUT2D eigenvalue weighted by atomic mass is 19.4. The summed E-state index contributed by atoms with van der Waals surface area (Å²) in [6.07, 6.45) is -1.23. The number of benzene rings is 2. The molecule has 166 valence electrons. The van der Waals surface area contributed by atoms with Gasteiger partial charge < -0.3 is 24.8 Å². The van der Waals surface area contributed by atoms with Gasteiger partial charge in [0.1, 0.15) is 24.7 Å². The van der Waals surface area contributed by atoms with Crippen molar-refractivity contribution < 1.29 is 27.4 Å². The number of ether oxygens (including phenoxy) is 3. The predicted octanol–water partition coefficient (Wildman–Crippen LogP) is 4.45. The second-order valence-corrected chi connectivity index (χ2v) is 6.55. The maximum atomic E-state index is 12.7. The molecule has 0 aliphatic carbocycles. The Morgan fingerprint density at radius 3 is 2.00 bits per heavy atom. The van der Waals surface area contributed by atoms with E-state index in [9.17, 15) is 13.2 Å². The van der Waals surface area contributed by atoms with Gasteiger partial charge in [-0.15, -0.1) is 13.2 Å². The minimum absolute atomic E-state index is 0.0819. The van der Waals surface area contributed by atoms with Gasteiger partial charge in [-0.05, 0) is 54.1 Å². The Kier molecular flexibility index (Phi) is 6.24. The van der Waals surface area contributed by atoms with Crippen molar-refractivity contribution in [1.29, 1.82) is 0 Å². The van der Waals surface area contributed by atoms with E-state index in [0.29, 0.717) is 30.4 Å². The molecule has 11 heteroatoms. The van der Waals surface area contributed by atoms with Gasteiger partial charge in [0.25, 0.3) is 0 Å². The smallest absolute Gasteiger partial charge is 0.490 e. The lowest BCUT2D eigenvalue weighted by atomic mass is 10.2. The van der Waals surface area contributed by atoms with E-state index < -0.39 is 12.4 Å². The van der Waals surface area contributed by atoms with Crippen LogP contribution in [0.4, 0.5) is 30.8 Å². The summed E-state index contributed by atoms with van der Waals surface area (Å²) < 4.78 is 53.3. The molecule has 6 bridgehead atoms. The van der Waals surface area contributed by atoms with Crippen LogP contribution < -0.4 is 24.8 Å². The summed E-state index contributed by atoms with van der Waals surface area (Å²) in [5, 5.41) is 5.73. The van der Waals surface area contributed by atoms with Crippen LogP contribution in [-0.2, 0) is 6.54 Å². The van der Waals surface area contributed by atoms with Crippen LogP contribution in [0.5, 0.6) is 17.5 Å². The standard InChI is InChI=1S/C21H18F3N5O3/c22-21(23,24)32-20-28-18-25-13-14-3-7-16(8-4-14)30-11-1-2-12-31-17-9-5-15(6-10-17)26-19(27-18)29-20/h1-10H,11-13H2,(H2,25,26,27,28,29)/b2-1-. The molecule has 0 saturated carbocycles. The Morgan fingerprint density at radius 2 is 1.38 bits per heavy atom. The van der Waals surface area contributed by atoms with Gasteiger partial charge >= 0.3 is 12.4 Å². The summed E-state index contributed by atoms with van der Waals surface area (Å²) in [7, 11) is 0. The fraction of sp³-hybridized carbons (Fsp3) is 0.190. The van der Waals surface area contributed by atoms with Crippen LogP contribution in [0.25, 0.3) is 0 Å². The van der Waals surface area contributed by atoms with Crippen molar-refractivity contribution in [2.75, 3.05) is 23.8 Å². The van der Waals surface area contributed by atoms with E-state index in [1.807, 2.05) is 24.3 Å². The SMILES string of the molecule is FC(F)(F)Oc1nc2nc(n1)Nc1ccc(cc1)OC/C=C\COc1ccc(cc1)CN2. The molecule has 3 aromatic rings. The number of halogens is 3. The number of hydrogen-bond acceptors (Lipinski definition) is 8. The van der Waals surface area contributed by atoms with Gasteiger partial charge in [0.15, 0.2) is 0 Å². The van der Waals surface area contributed by atoms with Crippen LogP contribution >= 0.6 is 0 Å². The van der Waals surface area contributed by atoms with Crippen molar-refractivity contribution in [1.82, 2.24) is 15.0 Å². The molecule has 0 saturated heterocycles. The predicted molar refractivity (Wildman–Crippen MR) is 110 cm³/mol. The Bertz CT molecular complexity index is 1070. The second-order valence-electron chi connectivity index (χ2n) is 6.55. The molecule has 2 aromatic carbocycles. The van der Waals surface area contributed by atoms with E-state index in [0.717, 1.165) is 5.56 Å². The van der Waals surface area contributed by atoms with Gasteiger partial charge in [0.2, 0.25) is 11.9 Å². The number of nitrogens with zero attached hydrogens (tertiary/aromatic N) is 3. The molecule has 8 nitrogen and oxygen atoms in total. The zero-order chi connectivity index (χ0) is 22.4. The summed E-state index contributed by atoms with van der Waals surface area (Å²) in [4.78, 5) is 11.5. The average molecular weight is 445 g/mol. The average Bonchev–Trinajstić information content (AvgIpc) is 2.75. The first-order valence-corrected chi connectivity index (χ1v) is 9.55. The highest BCUT2D eigenvalue weighted by Crippen LogP contribution is 2.24. The van der Waals surface area contributed by atoms with E-state index in [4.69, 9.17) is 9.47 Å². The fourth-order valence-electron chi connectivity index (χ4n) is 2.71. The van der Waals surface area contributed by atoms with Crippen molar-refractivity contribution in [3.05, 3.63) is 66.2 Å². The molecule has 0 amide bonds. The summed E-state index contributed by atoms with van der Waals surface area (Å²) >= 11 is 0. The maximum Gasteiger partial charge on any atom is 0.575 e. The van der Waals surface area contributed by atoms with Crippen LogP contribution in [-0.4, -0.2) is 34.5 Å². The summed E-state index contributed by atoms with van der Waals surface area (Å²) in [5.74, 6) is 1.10. The number of nitrogens with one attached hydrogen (secondary N) is 2. The monoisotopic (exact) mass is 445 g/mol. The molecular weight excluding hydrogens is 427 g/mol. The lowest BCUT2D eigenvalue weighted by Gasteiger charge is -2.12. The lowest BCUT2D eigenvalue weighted by molar-refractivity contribution is -0.277. The number of aromatic nitrogens is 3. The Labute approximate surface area is 181 Å². The van der Waals surface area contributed by atoms with E-state index in [1.54, 1.807) is 36.4 Å². The molecule has 0 spiro atoms. The van der Waals surface area contributed by atoms with E-state index >= 15 is 0 Å². The van der Waals surface area contributed by atoms with Crippen molar-refractivity contribution in [2.45, 2.75) is 12.9 Å². The fourth-order valence-corrected chi connectivity index (χ4v) is 2.71. The molecule has 32 heavy (non-hydrogen) atoms. The molecule has 2 N–H and O–H groups in total. The number of alkyl halides is 3. The van der Waals surface area contributed by atoms with Gasteiger partial charge in [-0.1, -0.05) is 12.1 Å². The summed E-state index contributed by atoms with van der Waals surface area (Å²) in [6, 6.07) is 13.1.